The van der Waals surface area contributed by atoms with E-state index >= 15 is 0 Å². The fourth-order valence-electron chi connectivity index (χ4n) is 1.68. The SMILES string of the molecule is Cc1ccc(S(=O)(=O)NCCCNC(=O)N(C)CCO)cc1. The molecule has 0 saturated heterocycles. The molecule has 0 aliphatic rings. The summed E-state index contributed by atoms with van der Waals surface area (Å²) in [5, 5.41) is 11.4. The number of hydrogen-bond donors (Lipinski definition) is 3. The number of nitrogens with one attached hydrogen (secondary N) is 2. The van der Waals surface area contributed by atoms with E-state index in [0.29, 0.717) is 13.0 Å². The van der Waals surface area contributed by atoms with Gasteiger partial charge in [0.2, 0.25) is 10.0 Å². The fourth-order valence-corrected chi connectivity index (χ4v) is 2.75. The molecular weight excluding hydrogens is 306 g/mol. The molecule has 0 aromatic heterocycles. The zero-order valence-electron chi connectivity index (χ0n) is 12.9. The van der Waals surface area contributed by atoms with Crippen LogP contribution in [-0.4, -0.2) is 57.7 Å². The Morgan fingerprint density at radius 3 is 2.45 bits per heavy atom. The number of likely N-dealkylation sites (N-methyl/N-ethyl adjacent to an activating group) is 1. The van der Waals surface area contributed by atoms with Crippen LogP contribution in [0.5, 0.6) is 0 Å². The van der Waals surface area contributed by atoms with Crippen molar-refractivity contribution in [3.63, 3.8) is 0 Å². The number of benzene rings is 1. The molecule has 0 fully saturated rings. The van der Waals surface area contributed by atoms with Crippen LogP contribution < -0.4 is 10.0 Å². The summed E-state index contributed by atoms with van der Waals surface area (Å²) in [5.41, 5.74) is 0.994. The number of hydrogen-bond acceptors (Lipinski definition) is 4. The van der Waals surface area contributed by atoms with Gasteiger partial charge in [0.25, 0.3) is 0 Å². The molecule has 0 saturated carbocycles. The molecule has 8 heteroatoms. The average molecular weight is 329 g/mol. The normalized spacial score (nSPS) is 11.2. The molecule has 0 unspecified atom stereocenters. The number of amides is 2. The van der Waals surface area contributed by atoms with Crippen LogP contribution >= 0.6 is 0 Å². The first kappa shape index (κ1) is 18.4. The Kier molecular flexibility index (Phi) is 7.30. The maximum absolute atomic E-state index is 12.0. The van der Waals surface area contributed by atoms with Gasteiger partial charge in [-0.2, -0.15) is 0 Å². The first-order chi connectivity index (χ1) is 10.4. The Hall–Kier alpha value is -1.64. The van der Waals surface area contributed by atoms with Gasteiger partial charge in [-0.05, 0) is 25.5 Å². The largest absolute Gasteiger partial charge is 0.395 e. The number of rotatable bonds is 8. The van der Waals surface area contributed by atoms with Gasteiger partial charge in [0, 0.05) is 26.7 Å². The highest BCUT2D eigenvalue weighted by Crippen LogP contribution is 2.09. The van der Waals surface area contributed by atoms with E-state index in [2.05, 4.69) is 10.0 Å². The molecule has 0 radical (unpaired) electrons. The van der Waals surface area contributed by atoms with Crippen LogP contribution in [0.25, 0.3) is 0 Å². The minimum Gasteiger partial charge on any atom is -0.395 e. The second-order valence-electron chi connectivity index (χ2n) is 4.94. The molecule has 124 valence electrons. The van der Waals surface area contributed by atoms with Gasteiger partial charge in [0.1, 0.15) is 0 Å². The van der Waals surface area contributed by atoms with E-state index in [1.807, 2.05) is 6.92 Å². The summed E-state index contributed by atoms with van der Waals surface area (Å²) in [6.45, 7) is 2.64. The van der Waals surface area contributed by atoms with Crippen molar-refractivity contribution in [2.24, 2.45) is 0 Å². The standard InChI is InChI=1S/C14H23N3O4S/c1-12-4-6-13(7-5-12)22(20,21)16-9-3-8-15-14(19)17(2)10-11-18/h4-7,16,18H,3,8-11H2,1-2H3,(H,15,19). The van der Waals surface area contributed by atoms with Crippen LogP contribution in [-0.2, 0) is 10.0 Å². The number of aliphatic hydroxyl groups is 1. The molecular formula is C14H23N3O4S. The van der Waals surface area contributed by atoms with Crippen molar-refractivity contribution in [1.82, 2.24) is 14.9 Å². The lowest BCUT2D eigenvalue weighted by Gasteiger charge is -2.16. The van der Waals surface area contributed by atoms with E-state index < -0.39 is 10.0 Å². The Balaban J connectivity index is 2.32. The van der Waals surface area contributed by atoms with Gasteiger partial charge in [-0.3, -0.25) is 0 Å². The van der Waals surface area contributed by atoms with E-state index in [1.165, 1.54) is 4.90 Å². The number of nitrogens with zero attached hydrogens (tertiary/aromatic N) is 1. The maximum atomic E-state index is 12.0. The molecule has 0 aliphatic heterocycles. The third-order valence-electron chi connectivity index (χ3n) is 3.04. The van der Waals surface area contributed by atoms with Crippen LogP contribution in [0.2, 0.25) is 0 Å². The van der Waals surface area contributed by atoms with Crippen molar-refractivity contribution in [3.8, 4) is 0 Å². The highest BCUT2D eigenvalue weighted by Gasteiger charge is 2.12. The van der Waals surface area contributed by atoms with Crippen molar-refractivity contribution in [2.75, 3.05) is 33.3 Å². The van der Waals surface area contributed by atoms with Crippen molar-refractivity contribution in [2.45, 2.75) is 18.2 Å². The van der Waals surface area contributed by atoms with E-state index in [4.69, 9.17) is 5.11 Å². The quantitative estimate of drug-likeness (QED) is 0.597. The molecule has 7 nitrogen and oxygen atoms in total. The van der Waals surface area contributed by atoms with Crippen LogP contribution in [0, 0.1) is 6.92 Å². The van der Waals surface area contributed by atoms with E-state index in [9.17, 15) is 13.2 Å². The van der Waals surface area contributed by atoms with Crippen LogP contribution in [0.15, 0.2) is 29.2 Å². The van der Waals surface area contributed by atoms with Crippen molar-refractivity contribution in [1.29, 1.82) is 0 Å². The minimum absolute atomic E-state index is 0.0970. The average Bonchev–Trinajstić information content (AvgIpc) is 2.47. The number of carbonyl (C=O) groups is 1. The highest BCUT2D eigenvalue weighted by atomic mass is 32.2. The lowest BCUT2D eigenvalue weighted by Crippen LogP contribution is -2.39. The predicted octanol–water partition coefficient (Wildman–Crippen LogP) is 0.297. The number of carbonyl (C=O) groups excluding carboxylic acids is 1. The summed E-state index contributed by atoms with van der Waals surface area (Å²) in [7, 11) is -1.93. The topological polar surface area (TPSA) is 98.7 Å². The highest BCUT2D eigenvalue weighted by molar-refractivity contribution is 7.89. The molecule has 0 heterocycles. The van der Waals surface area contributed by atoms with Gasteiger partial charge in [-0.1, -0.05) is 17.7 Å². The van der Waals surface area contributed by atoms with Gasteiger partial charge in [-0.15, -0.1) is 0 Å². The van der Waals surface area contributed by atoms with Gasteiger partial charge in [0.05, 0.1) is 11.5 Å². The van der Waals surface area contributed by atoms with E-state index in [1.54, 1.807) is 31.3 Å². The van der Waals surface area contributed by atoms with E-state index in [-0.39, 0.29) is 30.6 Å². The Bertz CT molecular complexity index is 572. The molecule has 22 heavy (non-hydrogen) atoms. The van der Waals surface area contributed by atoms with Crippen LogP contribution in [0.3, 0.4) is 0 Å². The summed E-state index contributed by atoms with van der Waals surface area (Å²) in [6, 6.07) is 6.31. The monoisotopic (exact) mass is 329 g/mol. The van der Waals surface area contributed by atoms with Gasteiger partial charge >= 0.3 is 6.03 Å². The zero-order valence-corrected chi connectivity index (χ0v) is 13.7. The molecule has 2 amide bonds. The molecule has 0 aliphatic carbocycles. The molecule has 0 spiro atoms. The number of sulfonamides is 1. The summed E-state index contributed by atoms with van der Waals surface area (Å²) in [5.74, 6) is 0. The number of urea groups is 1. The summed E-state index contributed by atoms with van der Waals surface area (Å²) < 4.78 is 26.5. The lowest BCUT2D eigenvalue weighted by molar-refractivity contribution is 0.190. The second-order valence-corrected chi connectivity index (χ2v) is 6.71. The number of aliphatic hydroxyl groups excluding tert-OH is 1. The summed E-state index contributed by atoms with van der Waals surface area (Å²) >= 11 is 0. The van der Waals surface area contributed by atoms with Gasteiger partial charge in [-0.25, -0.2) is 17.9 Å². The molecule has 0 bridgehead atoms. The van der Waals surface area contributed by atoms with Crippen LogP contribution in [0.4, 0.5) is 4.79 Å². The summed E-state index contributed by atoms with van der Waals surface area (Å²) in [6.07, 6.45) is 0.476. The third-order valence-corrected chi connectivity index (χ3v) is 4.51. The molecule has 1 aromatic carbocycles. The molecule has 0 atom stereocenters. The summed E-state index contributed by atoms with van der Waals surface area (Å²) in [4.78, 5) is 13.1. The smallest absolute Gasteiger partial charge is 0.317 e. The lowest BCUT2D eigenvalue weighted by atomic mass is 10.2. The van der Waals surface area contributed by atoms with Crippen molar-refractivity contribution < 1.29 is 18.3 Å². The van der Waals surface area contributed by atoms with Gasteiger partial charge < -0.3 is 15.3 Å². The minimum atomic E-state index is -3.51. The first-order valence-corrected chi connectivity index (χ1v) is 8.51. The fraction of sp³-hybridized carbons (Fsp3) is 0.500. The molecule has 1 rings (SSSR count). The van der Waals surface area contributed by atoms with Crippen molar-refractivity contribution >= 4 is 16.1 Å². The Morgan fingerprint density at radius 2 is 1.86 bits per heavy atom. The Morgan fingerprint density at radius 1 is 1.23 bits per heavy atom. The van der Waals surface area contributed by atoms with Gasteiger partial charge in [0.15, 0.2) is 0 Å². The third kappa shape index (κ3) is 6.00. The zero-order chi connectivity index (χ0) is 16.6. The maximum Gasteiger partial charge on any atom is 0.317 e. The predicted molar refractivity (Wildman–Crippen MR) is 84.1 cm³/mol. The second kappa shape index (κ2) is 8.72. The van der Waals surface area contributed by atoms with Crippen LogP contribution in [0.1, 0.15) is 12.0 Å². The molecule has 3 N–H and O–H groups in total. The first-order valence-electron chi connectivity index (χ1n) is 7.03. The Labute approximate surface area is 131 Å². The van der Waals surface area contributed by atoms with E-state index in [0.717, 1.165) is 5.56 Å². The number of aryl methyl sites for hydroxylation is 1. The van der Waals surface area contributed by atoms with Crippen molar-refractivity contribution in [3.05, 3.63) is 29.8 Å². The molecule has 1 aromatic rings.